The number of anilines is 3. The molecule has 0 bridgehead atoms. The minimum Gasteiger partial charge on any atom is -0.493 e. The normalized spacial score (nSPS) is 10.3. The fraction of sp³-hybridized carbons (Fsp3) is 0.238. The number of para-hydroxylation sites is 1. The molecule has 0 fully saturated rings. The van der Waals surface area contributed by atoms with Gasteiger partial charge in [0.15, 0.2) is 11.5 Å². The summed E-state index contributed by atoms with van der Waals surface area (Å²) in [6.45, 7) is 2.75. The second kappa shape index (κ2) is 8.89. The molecule has 27 heavy (non-hydrogen) atoms. The standard InChI is InChI=1S/C21H24N4O2/c1-4-16-7-5-6-8-17(16)25-21-12-20(23-14-24-21)22-13-15-9-10-18(26-2)19(11-15)27-3/h5-12,14H,4,13H2,1-3H3,(H2,22,23,24,25). The predicted octanol–water partition coefficient (Wildman–Crippen LogP) is 4.41. The third kappa shape index (κ3) is 4.67. The molecule has 3 rings (SSSR count). The summed E-state index contributed by atoms with van der Waals surface area (Å²) >= 11 is 0. The average molecular weight is 364 g/mol. The first-order valence-electron chi connectivity index (χ1n) is 8.85. The van der Waals surface area contributed by atoms with Gasteiger partial charge < -0.3 is 20.1 Å². The number of nitrogens with zero attached hydrogens (tertiary/aromatic N) is 2. The van der Waals surface area contributed by atoms with Crippen LogP contribution in [0.4, 0.5) is 17.3 Å². The summed E-state index contributed by atoms with van der Waals surface area (Å²) in [4.78, 5) is 8.61. The molecule has 6 heteroatoms. The smallest absolute Gasteiger partial charge is 0.161 e. The van der Waals surface area contributed by atoms with E-state index in [9.17, 15) is 0 Å². The summed E-state index contributed by atoms with van der Waals surface area (Å²) in [5.41, 5.74) is 3.37. The third-order valence-corrected chi connectivity index (χ3v) is 4.25. The lowest BCUT2D eigenvalue weighted by molar-refractivity contribution is 0.354. The van der Waals surface area contributed by atoms with Gasteiger partial charge in [-0.2, -0.15) is 0 Å². The Balaban J connectivity index is 1.69. The number of benzene rings is 2. The number of ether oxygens (including phenoxy) is 2. The van der Waals surface area contributed by atoms with E-state index in [1.807, 2.05) is 36.4 Å². The van der Waals surface area contributed by atoms with E-state index in [0.717, 1.165) is 29.3 Å². The minimum absolute atomic E-state index is 0.613. The molecule has 0 atom stereocenters. The molecule has 3 aromatic rings. The summed E-state index contributed by atoms with van der Waals surface area (Å²) in [5.74, 6) is 2.92. The number of hydrogen-bond donors (Lipinski definition) is 2. The van der Waals surface area contributed by atoms with Gasteiger partial charge in [-0.15, -0.1) is 0 Å². The largest absolute Gasteiger partial charge is 0.493 e. The van der Waals surface area contributed by atoms with Gasteiger partial charge in [-0.25, -0.2) is 9.97 Å². The Morgan fingerprint density at radius 2 is 1.67 bits per heavy atom. The van der Waals surface area contributed by atoms with E-state index < -0.39 is 0 Å². The Morgan fingerprint density at radius 3 is 2.44 bits per heavy atom. The van der Waals surface area contributed by atoms with Crippen LogP contribution in [-0.4, -0.2) is 24.2 Å². The van der Waals surface area contributed by atoms with Crippen LogP contribution >= 0.6 is 0 Å². The van der Waals surface area contributed by atoms with Gasteiger partial charge in [0.2, 0.25) is 0 Å². The third-order valence-electron chi connectivity index (χ3n) is 4.25. The molecule has 0 amide bonds. The van der Waals surface area contributed by atoms with Crippen molar-refractivity contribution in [2.24, 2.45) is 0 Å². The van der Waals surface area contributed by atoms with E-state index in [-0.39, 0.29) is 0 Å². The highest BCUT2D eigenvalue weighted by atomic mass is 16.5. The second-order valence-electron chi connectivity index (χ2n) is 5.97. The summed E-state index contributed by atoms with van der Waals surface area (Å²) in [5, 5.41) is 6.68. The number of aryl methyl sites for hydroxylation is 1. The fourth-order valence-corrected chi connectivity index (χ4v) is 2.79. The molecular formula is C21H24N4O2. The van der Waals surface area contributed by atoms with Crippen molar-refractivity contribution < 1.29 is 9.47 Å². The Bertz CT molecular complexity index is 899. The molecule has 0 unspecified atom stereocenters. The predicted molar refractivity (Wildman–Crippen MR) is 108 cm³/mol. The fourth-order valence-electron chi connectivity index (χ4n) is 2.79. The van der Waals surface area contributed by atoms with Crippen LogP contribution in [-0.2, 0) is 13.0 Å². The van der Waals surface area contributed by atoms with Crippen LogP contribution < -0.4 is 20.1 Å². The number of aromatic nitrogens is 2. The Kier molecular flexibility index (Phi) is 6.10. The highest BCUT2D eigenvalue weighted by Crippen LogP contribution is 2.28. The highest BCUT2D eigenvalue weighted by Gasteiger charge is 2.06. The molecule has 0 aliphatic heterocycles. The monoisotopic (exact) mass is 364 g/mol. The van der Waals surface area contributed by atoms with Crippen molar-refractivity contribution in [3.63, 3.8) is 0 Å². The molecule has 2 N–H and O–H groups in total. The van der Waals surface area contributed by atoms with E-state index in [0.29, 0.717) is 18.0 Å². The first kappa shape index (κ1) is 18.5. The van der Waals surface area contributed by atoms with E-state index in [1.165, 1.54) is 5.56 Å². The van der Waals surface area contributed by atoms with E-state index >= 15 is 0 Å². The molecule has 0 aliphatic rings. The maximum atomic E-state index is 5.35. The Hall–Kier alpha value is -3.28. The quantitative estimate of drug-likeness (QED) is 0.617. The summed E-state index contributed by atoms with van der Waals surface area (Å²) in [6.07, 6.45) is 2.51. The van der Waals surface area contributed by atoms with Gasteiger partial charge in [0.05, 0.1) is 14.2 Å². The molecule has 2 aromatic carbocycles. The Morgan fingerprint density at radius 1 is 0.889 bits per heavy atom. The van der Waals surface area contributed by atoms with Crippen molar-refractivity contribution in [2.45, 2.75) is 19.9 Å². The lowest BCUT2D eigenvalue weighted by Crippen LogP contribution is -2.04. The SMILES string of the molecule is CCc1ccccc1Nc1cc(NCc2ccc(OC)c(OC)c2)ncn1. The van der Waals surface area contributed by atoms with Crippen molar-refractivity contribution in [2.75, 3.05) is 24.9 Å². The topological polar surface area (TPSA) is 68.3 Å². The van der Waals surface area contributed by atoms with Crippen LogP contribution in [0.25, 0.3) is 0 Å². The summed E-state index contributed by atoms with van der Waals surface area (Å²) in [7, 11) is 3.26. The molecule has 0 spiro atoms. The molecule has 1 heterocycles. The van der Waals surface area contributed by atoms with Crippen LogP contribution in [0.15, 0.2) is 54.9 Å². The average Bonchev–Trinajstić information content (AvgIpc) is 2.72. The summed E-state index contributed by atoms with van der Waals surface area (Å²) < 4.78 is 10.6. The van der Waals surface area contributed by atoms with Gasteiger partial charge in [-0.3, -0.25) is 0 Å². The zero-order valence-electron chi connectivity index (χ0n) is 15.8. The second-order valence-corrected chi connectivity index (χ2v) is 5.97. The number of hydrogen-bond acceptors (Lipinski definition) is 6. The molecule has 0 saturated heterocycles. The Labute approximate surface area is 159 Å². The lowest BCUT2D eigenvalue weighted by atomic mass is 10.1. The minimum atomic E-state index is 0.613. The molecule has 0 radical (unpaired) electrons. The van der Waals surface area contributed by atoms with E-state index in [2.05, 4.69) is 39.7 Å². The zero-order valence-corrected chi connectivity index (χ0v) is 15.8. The maximum absolute atomic E-state index is 5.35. The van der Waals surface area contributed by atoms with Gasteiger partial charge in [0.1, 0.15) is 18.0 Å². The van der Waals surface area contributed by atoms with Gasteiger partial charge in [-0.1, -0.05) is 31.2 Å². The number of rotatable bonds is 8. The van der Waals surface area contributed by atoms with Gasteiger partial charge in [-0.05, 0) is 35.7 Å². The van der Waals surface area contributed by atoms with Crippen molar-refractivity contribution in [1.82, 2.24) is 9.97 Å². The molecule has 6 nitrogen and oxygen atoms in total. The summed E-state index contributed by atoms with van der Waals surface area (Å²) in [6, 6.07) is 15.9. The van der Waals surface area contributed by atoms with Crippen molar-refractivity contribution in [3.8, 4) is 11.5 Å². The molecule has 0 saturated carbocycles. The number of methoxy groups -OCH3 is 2. The highest BCUT2D eigenvalue weighted by molar-refractivity contribution is 5.62. The van der Waals surface area contributed by atoms with Crippen molar-refractivity contribution in [3.05, 3.63) is 66.0 Å². The molecular weight excluding hydrogens is 340 g/mol. The molecule has 140 valence electrons. The van der Waals surface area contributed by atoms with Crippen molar-refractivity contribution >= 4 is 17.3 Å². The van der Waals surface area contributed by atoms with E-state index in [4.69, 9.17) is 9.47 Å². The van der Waals surface area contributed by atoms with Crippen LogP contribution in [0.2, 0.25) is 0 Å². The zero-order chi connectivity index (χ0) is 19.1. The van der Waals surface area contributed by atoms with Crippen LogP contribution in [0.1, 0.15) is 18.1 Å². The van der Waals surface area contributed by atoms with Gasteiger partial charge in [0.25, 0.3) is 0 Å². The van der Waals surface area contributed by atoms with E-state index in [1.54, 1.807) is 20.5 Å². The first-order valence-corrected chi connectivity index (χ1v) is 8.85. The van der Waals surface area contributed by atoms with Crippen LogP contribution in [0.5, 0.6) is 11.5 Å². The molecule has 1 aromatic heterocycles. The van der Waals surface area contributed by atoms with Gasteiger partial charge >= 0.3 is 0 Å². The number of nitrogens with one attached hydrogen (secondary N) is 2. The molecule has 0 aliphatic carbocycles. The van der Waals surface area contributed by atoms with Crippen molar-refractivity contribution in [1.29, 1.82) is 0 Å². The van der Waals surface area contributed by atoms with Crippen LogP contribution in [0, 0.1) is 0 Å². The van der Waals surface area contributed by atoms with Gasteiger partial charge in [0, 0.05) is 18.3 Å². The first-order chi connectivity index (χ1) is 13.2. The lowest BCUT2D eigenvalue weighted by Gasteiger charge is -2.12. The van der Waals surface area contributed by atoms with Crippen LogP contribution in [0.3, 0.4) is 0 Å². The maximum Gasteiger partial charge on any atom is 0.161 e.